The monoisotopic (exact) mass is 281 g/mol. The molecule has 0 unspecified atom stereocenters. The van der Waals surface area contributed by atoms with Gasteiger partial charge in [-0.15, -0.1) is 0 Å². The molecule has 0 heterocycles. The quantitative estimate of drug-likeness (QED) is 0.342. The Morgan fingerprint density at radius 3 is 2.45 bits per heavy atom. The highest BCUT2D eigenvalue weighted by Crippen LogP contribution is 2.28. The summed E-state index contributed by atoms with van der Waals surface area (Å²) in [7, 11) is 2.93. The number of hydrogen-bond donors (Lipinski definition) is 0. The zero-order valence-electron chi connectivity index (χ0n) is 11.4. The van der Waals surface area contributed by atoms with Crippen molar-refractivity contribution < 1.29 is 23.9 Å². The third-order valence-corrected chi connectivity index (χ3v) is 2.39. The summed E-state index contributed by atoms with van der Waals surface area (Å²) in [6.45, 7) is 1.64. The van der Waals surface area contributed by atoms with Crippen LogP contribution in [0, 0.1) is 10.1 Å². The molecule has 0 bridgehead atoms. The Balaban J connectivity index is 3.17. The van der Waals surface area contributed by atoms with Gasteiger partial charge in [-0.1, -0.05) is 6.07 Å². The Morgan fingerprint density at radius 1 is 1.30 bits per heavy atom. The Hall–Kier alpha value is -2.57. The number of ether oxygens (including phenoxy) is 3. The van der Waals surface area contributed by atoms with Crippen LogP contribution in [0.3, 0.4) is 0 Å². The Labute approximate surface area is 115 Å². The lowest BCUT2D eigenvalue weighted by molar-refractivity contribution is -0.419. The molecule has 108 valence electrons. The van der Waals surface area contributed by atoms with Crippen LogP contribution in [0.15, 0.2) is 23.9 Å². The Morgan fingerprint density at radius 2 is 1.95 bits per heavy atom. The first-order valence-electron chi connectivity index (χ1n) is 5.78. The van der Waals surface area contributed by atoms with E-state index in [1.54, 1.807) is 19.1 Å². The van der Waals surface area contributed by atoms with Crippen LogP contribution < -0.4 is 9.47 Å². The molecule has 0 saturated heterocycles. The second kappa shape index (κ2) is 7.13. The van der Waals surface area contributed by atoms with Gasteiger partial charge in [0.1, 0.15) is 0 Å². The van der Waals surface area contributed by atoms with E-state index in [4.69, 9.17) is 9.47 Å². The molecule has 1 aromatic carbocycles. The van der Waals surface area contributed by atoms with Crippen molar-refractivity contribution in [1.82, 2.24) is 0 Å². The highest BCUT2D eigenvalue weighted by atomic mass is 16.6. The van der Waals surface area contributed by atoms with Gasteiger partial charge in [-0.25, -0.2) is 4.79 Å². The van der Waals surface area contributed by atoms with Crippen molar-refractivity contribution in [2.24, 2.45) is 0 Å². The average molecular weight is 281 g/mol. The summed E-state index contributed by atoms with van der Waals surface area (Å²) in [4.78, 5) is 21.6. The molecule has 0 aliphatic carbocycles. The van der Waals surface area contributed by atoms with E-state index in [-0.39, 0.29) is 6.61 Å². The summed E-state index contributed by atoms with van der Waals surface area (Å²) in [5.74, 6) is -0.0801. The van der Waals surface area contributed by atoms with Crippen molar-refractivity contribution in [3.63, 3.8) is 0 Å². The Bertz CT molecular complexity index is 538. The fourth-order valence-corrected chi connectivity index (χ4v) is 1.49. The number of nitrogens with zero attached hydrogens (tertiary/aromatic N) is 1. The molecule has 0 fully saturated rings. The first-order chi connectivity index (χ1) is 9.53. The van der Waals surface area contributed by atoms with Gasteiger partial charge in [0, 0.05) is 6.08 Å². The standard InChI is InChI=1S/C13H15NO6/c1-4-20-13(15)10(14(16)17)7-9-5-6-11(18-2)12(8-9)19-3/h5-8H,4H2,1-3H3/b10-7-. The molecule has 7 nitrogen and oxygen atoms in total. The predicted octanol–water partition coefficient (Wildman–Crippen LogP) is 1.88. The third-order valence-electron chi connectivity index (χ3n) is 2.39. The molecule has 1 aromatic rings. The number of methoxy groups -OCH3 is 2. The van der Waals surface area contributed by atoms with Gasteiger partial charge in [-0.05, 0) is 24.6 Å². The Kier molecular flexibility index (Phi) is 5.52. The average Bonchev–Trinajstić information content (AvgIpc) is 2.44. The normalized spacial score (nSPS) is 10.8. The molecule has 0 aromatic heterocycles. The number of carbonyl (C=O) groups is 1. The van der Waals surface area contributed by atoms with E-state index < -0.39 is 16.6 Å². The summed E-state index contributed by atoms with van der Waals surface area (Å²) in [5.41, 5.74) is -0.207. The van der Waals surface area contributed by atoms with E-state index >= 15 is 0 Å². The van der Waals surface area contributed by atoms with Crippen LogP contribution in [-0.4, -0.2) is 31.7 Å². The lowest BCUT2D eigenvalue weighted by Gasteiger charge is -2.07. The number of hydrogen-bond acceptors (Lipinski definition) is 6. The summed E-state index contributed by atoms with van der Waals surface area (Å²) >= 11 is 0. The molecule has 0 saturated carbocycles. The minimum atomic E-state index is -0.979. The second-order valence-corrected chi connectivity index (χ2v) is 3.62. The lowest BCUT2D eigenvalue weighted by atomic mass is 10.1. The zero-order valence-corrected chi connectivity index (χ0v) is 11.4. The molecule has 7 heteroatoms. The number of carbonyl (C=O) groups excluding carboxylic acids is 1. The van der Waals surface area contributed by atoms with E-state index in [1.807, 2.05) is 0 Å². The maximum absolute atomic E-state index is 11.5. The lowest BCUT2D eigenvalue weighted by Crippen LogP contribution is -2.14. The van der Waals surface area contributed by atoms with Gasteiger partial charge in [-0.2, -0.15) is 0 Å². The third kappa shape index (κ3) is 3.71. The summed E-state index contributed by atoms with van der Waals surface area (Å²) in [6.07, 6.45) is 1.12. The van der Waals surface area contributed by atoms with Gasteiger partial charge in [0.25, 0.3) is 0 Å². The van der Waals surface area contributed by atoms with Crippen molar-refractivity contribution in [3.8, 4) is 11.5 Å². The van der Waals surface area contributed by atoms with Gasteiger partial charge in [0.15, 0.2) is 11.5 Å². The number of benzene rings is 1. The maximum atomic E-state index is 11.5. The van der Waals surface area contributed by atoms with Gasteiger partial charge in [0.05, 0.1) is 25.7 Å². The first kappa shape index (κ1) is 15.5. The summed E-state index contributed by atoms with van der Waals surface area (Å²) < 4.78 is 14.8. The largest absolute Gasteiger partial charge is 0.493 e. The minimum Gasteiger partial charge on any atom is -0.493 e. The SMILES string of the molecule is CCOC(=O)/C(=C/c1ccc(OC)c(OC)c1)[N+](=O)[O-]. The molecule has 0 aliphatic rings. The van der Waals surface area contributed by atoms with Gasteiger partial charge >= 0.3 is 11.7 Å². The topological polar surface area (TPSA) is 87.9 Å². The maximum Gasteiger partial charge on any atom is 0.409 e. The number of nitro groups is 1. The van der Waals surface area contributed by atoms with Crippen molar-refractivity contribution in [2.45, 2.75) is 6.92 Å². The molecule has 0 spiro atoms. The van der Waals surface area contributed by atoms with Crippen molar-refractivity contribution >= 4 is 12.0 Å². The molecule has 20 heavy (non-hydrogen) atoms. The molecular formula is C13H15NO6. The summed E-state index contributed by atoms with van der Waals surface area (Å²) in [5, 5.41) is 10.9. The highest BCUT2D eigenvalue weighted by Gasteiger charge is 2.23. The fourth-order valence-electron chi connectivity index (χ4n) is 1.49. The van der Waals surface area contributed by atoms with Crippen molar-refractivity contribution in [3.05, 3.63) is 39.6 Å². The highest BCUT2D eigenvalue weighted by molar-refractivity contribution is 5.91. The van der Waals surface area contributed by atoms with E-state index in [0.29, 0.717) is 17.1 Å². The second-order valence-electron chi connectivity index (χ2n) is 3.62. The summed E-state index contributed by atoms with van der Waals surface area (Å²) in [6, 6.07) is 4.69. The van der Waals surface area contributed by atoms with Crippen LogP contribution >= 0.6 is 0 Å². The molecule has 0 amide bonds. The molecule has 0 atom stereocenters. The molecule has 0 aliphatic heterocycles. The van der Waals surface area contributed by atoms with Crippen molar-refractivity contribution in [2.75, 3.05) is 20.8 Å². The van der Waals surface area contributed by atoms with Crippen LogP contribution in [-0.2, 0) is 9.53 Å². The smallest absolute Gasteiger partial charge is 0.409 e. The van der Waals surface area contributed by atoms with Crippen LogP contribution in [0.1, 0.15) is 12.5 Å². The molecule has 1 rings (SSSR count). The van der Waals surface area contributed by atoms with Crippen molar-refractivity contribution in [1.29, 1.82) is 0 Å². The van der Waals surface area contributed by atoms with Crippen LogP contribution in [0.25, 0.3) is 6.08 Å². The van der Waals surface area contributed by atoms with E-state index in [1.165, 1.54) is 20.3 Å². The molecule has 0 N–H and O–H groups in total. The van der Waals surface area contributed by atoms with Crippen LogP contribution in [0.4, 0.5) is 0 Å². The molecular weight excluding hydrogens is 266 g/mol. The number of esters is 1. The predicted molar refractivity (Wildman–Crippen MR) is 71.2 cm³/mol. The van der Waals surface area contributed by atoms with E-state index in [0.717, 1.165) is 6.08 Å². The van der Waals surface area contributed by atoms with Crippen LogP contribution in [0.5, 0.6) is 11.5 Å². The van der Waals surface area contributed by atoms with Gasteiger partial charge in [0.2, 0.25) is 0 Å². The van der Waals surface area contributed by atoms with E-state index in [2.05, 4.69) is 4.74 Å². The van der Waals surface area contributed by atoms with Gasteiger partial charge < -0.3 is 14.2 Å². The number of rotatable bonds is 6. The minimum absolute atomic E-state index is 0.0654. The zero-order chi connectivity index (χ0) is 15.1. The molecule has 0 radical (unpaired) electrons. The fraction of sp³-hybridized carbons (Fsp3) is 0.308. The van der Waals surface area contributed by atoms with E-state index in [9.17, 15) is 14.9 Å². The first-order valence-corrected chi connectivity index (χ1v) is 5.78. The van der Waals surface area contributed by atoms with Crippen LogP contribution in [0.2, 0.25) is 0 Å². The van der Waals surface area contributed by atoms with Gasteiger partial charge in [-0.3, -0.25) is 10.1 Å².